The highest BCUT2D eigenvalue weighted by molar-refractivity contribution is 6.01. The van der Waals surface area contributed by atoms with Crippen molar-refractivity contribution >= 4 is 22.4 Å². The van der Waals surface area contributed by atoms with Gasteiger partial charge in [-0.1, -0.05) is 0 Å². The van der Waals surface area contributed by atoms with Gasteiger partial charge in [0.05, 0.1) is 23.4 Å². The summed E-state index contributed by atoms with van der Waals surface area (Å²) < 4.78 is 1.75. The van der Waals surface area contributed by atoms with E-state index in [0.29, 0.717) is 5.52 Å². The number of H-pyrrole nitrogens is 1. The molecule has 0 atom stereocenters. The van der Waals surface area contributed by atoms with Gasteiger partial charge in [-0.2, -0.15) is 0 Å². The molecule has 6 heteroatoms. The van der Waals surface area contributed by atoms with Gasteiger partial charge in [0.25, 0.3) is 0 Å². The summed E-state index contributed by atoms with van der Waals surface area (Å²) in [6.45, 7) is 0. The number of carbonyl (C=O) groups is 1. The number of hydrogen-bond acceptors (Lipinski definition) is 3. The van der Waals surface area contributed by atoms with E-state index in [1.807, 2.05) is 0 Å². The minimum atomic E-state index is -1.02. The van der Waals surface area contributed by atoms with Crippen LogP contribution in [0.1, 0.15) is 10.5 Å². The largest absolute Gasteiger partial charge is 0.477 e. The van der Waals surface area contributed by atoms with Gasteiger partial charge in [0.15, 0.2) is 0 Å². The summed E-state index contributed by atoms with van der Waals surface area (Å²) in [7, 11) is 0. The molecule has 0 aliphatic carbocycles. The summed E-state index contributed by atoms with van der Waals surface area (Å²) in [4.78, 5) is 18.6. The van der Waals surface area contributed by atoms with Gasteiger partial charge in [0.1, 0.15) is 12.0 Å². The van der Waals surface area contributed by atoms with Crippen LogP contribution in [0.4, 0.5) is 0 Å². The lowest BCUT2D eigenvalue weighted by atomic mass is 10.3. The molecule has 15 heavy (non-hydrogen) atoms. The van der Waals surface area contributed by atoms with Gasteiger partial charge in [0.2, 0.25) is 0 Å². The summed E-state index contributed by atoms with van der Waals surface area (Å²) in [5.41, 5.74) is 1.52. The zero-order valence-corrected chi connectivity index (χ0v) is 7.51. The van der Waals surface area contributed by atoms with Gasteiger partial charge in [-0.3, -0.25) is 9.61 Å². The molecule has 0 radical (unpaired) electrons. The van der Waals surface area contributed by atoms with Crippen LogP contribution in [0, 0.1) is 0 Å². The van der Waals surface area contributed by atoms with Gasteiger partial charge in [-0.05, 0) is 6.07 Å². The predicted octanol–water partition coefficient (Wildman–Crippen LogP) is 0.909. The first-order valence-electron chi connectivity index (χ1n) is 4.29. The zero-order valence-electron chi connectivity index (χ0n) is 7.51. The number of aromatic carboxylic acids is 1. The molecule has 0 amide bonds. The third-order valence-electron chi connectivity index (χ3n) is 2.27. The van der Waals surface area contributed by atoms with E-state index in [9.17, 15) is 4.79 Å². The Morgan fingerprint density at radius 1 is 1.53 bits per heavy atom. The van der Waals surface area contributed by atoms with E-state index >= 15 is 0 Å². The lowest BCUT2D eigenvalue weighted by molar-refractivity contribution is 0.0691. The molecule has 0 aliphatic rings. The summed E-state index contributed by atoms with van der Waals surface area (Å²) >= 11 is 0. The van der Waals surface area contributed by atoms with Gasteiger partial charge >= 0.3 is 5.97 Å². The van der Waals surface area contributed by atoms with Crippen LogP contribution in [0.15, 0.2) is 24.8 Å². The van der Waals surface area contributed by atoms with Gasteiger partial charge in [-0.25, -0.2) is 14.8 Å². The Morgan fingerprint density at radius 2 is 2.40 bits per heavy atom. The van der Waals surface area contributed by atoms with E-state index in [4.69, 9.17) is 5.11 Å². The van der Waals surface area contributed by atoms with Crippen LogP contribution < -0.4 is 0 Å². The van der Waals surface area contributed by atoms with E-state index in [-0.39, 0.29) is 5.69 Å². The monoisotopic (exact) mass is 202 g/mol. The molecule has 0 saturated carbocycles. The zero-order chi connectivity index (χ0) is 10.4. The fourth-order valence-corrected chi connectivity index (χ4v) is 1.61. The average molecular weight is 202 g/mol. The second-order valence-electron chi connectivity index (χ2n) is 3.17. The Hall–Kier alpha value is -2.37. The Labute approximate surface area is 83.2 Å². The first-order chi connectivity index (χ1) is 7.25. The van der Waals surface area contributed by atoms with Crippen molar-refractivity contribution in [1.82, 2.24) is 19.6 Å². The number of carboxylic acids is 1. The van der Waals surface area contributed by atoms with E-state index < -0.39 is 5.97 Å². The number of aromatic nitrogens is 4. The molecule has 0 saturated heterocycles. The highest BCUT2D eigenvalue weighted by Crippen LogP contribution is 2.21. The summed E-state index contributed by atoms with van der Waals surface area (Å²) in [5.74, 6) is -1.02. The van der Waals surface area contributed by atoms with Crippen LogP contribution in [-0.2, 0) is 0 Å². The maximum Gasteiger partial charge on any atom is 0.354 e. The van der Waals surface area contributed by atoms with Crippen LogP contribution in [0.3, 0.4) is 0 Å². The topological polar surface area (TPSA) is 83.3 Å². The third kappa shape index (κ3) is 1.01. The van der Waals surface area contributed by atoms with Crippen LogP contribution in [0.25, 0.3) is 16.4 Å². The minimum Gasteiger partial charge on any atom is -0.477 e. The highest BCUT2D eigenvalue weighted by Gasteiger charge is 2.12. The van der Waals surface area contributed by atoms with Crippen molar-refractivity contribution in [3.63, 3.8) is 0 Å². The van der Waals surface area contributed by atoms with Crippen molar-refractivity contribution in [1.29, 1.82) is 0 Å². The maximum absolute atomic E-state index is 10.7. The molecule has 0 bridgehead atoms. The third-order valence-corrected chi connectivity index (χ3v) is 2.27. The normalized spacial score (nSPS) is 11.2. The second kappa shape index (κ2) is 2.57. The standard InChI is InChI=1S/C9H6N4O2/c14-9(15)6-1-5-7(12-6)3-13-8(5)2-10-4-11-13/h1-4H,(H,10,11)(H,14,15). The molecule has 3 aromatic rings. The van der Waals surface area contributed by atoms with E-state index in [2.05, 4.69) is 15.1 Å². The maximum atomic E-state index is 10.7. The van der Waals surface area contributed by atoms with Gasteiger partial charge in [0, 0.05) is 5.39 Å². The van der Waals surface area contributed by atoms with E-state index in [0.717, 1.165) is 10.9 Å². The summed E-state index contributed by atoms with van der Waals surface area (Å²) in [5, 5.41) is 12.5. The van der Waals surface area contributed by atoms with Crippen molar-refractivity contribution < 1.29 is 9.90 Å². The molecule has 0 aromatic carbocycles. The molecule has 3 rings (SSSR count). The molecule has 3 heterocycles. The van der Waals surface area contributed by atoms with Crippen molar-refractivity contribution in [3.05, 3.63) is 30.5 Å². The van der Waals surface area contributed by atoms with Crippen LogP contribution in [0.5, 0.6) is 0 Å². The molecule has 2 N–H and O–H groups in total. The van der Waals surface area contributed by atoms with Crippen LogP contribution >= 0.6 is 0 Å². The Bertz CT molecular complexity index is 667. The Kier molecular flexibility index (Phi) is 1.37. The van der Waals surface area contributed by atoms with Gasteiger partial charge < -0.3 is 5.11 Å². The number of carboxylic acid groups (broad SMARTS) is 1. The minimum absolute atomic E-state index is 0.0614. The van der Waals surface area contributed by atoms with Gasteiger partial charge in [-0.15, -0.1) is 0 Å². The molecular weight excluding hydrogens is 196 g/mol. The number of fused-ring (bicyclic) bond motifs is 3. The Balaban J connectivity index is 2.42. The molecule has 0 spiro atoms. The van der Waals surface area contributed by atoms with Crippen molar-refractivity contribution in [2.45, 2.75) is 0 Å². The van der Waals surface area contributed by atoms with Crippen molar-refractivity contribution in [2.24, 2.45) is 0 Å². The smallest absolute Gasteiger partial charge is 0.354 e. The quantitative estimate of drug-likeness (QED) is 0.614. The number of hydrogen-bond donors (Lipinski definition) is 2. The SMILES string of the molecule is O=C(O)c1cc2c(cn3[nH]cncc23)n1. The molecule has 74 valence electrons. The summed E-state index contributed by atoms with van der Waals surface area (Å²) in [6, 6.07) is 1.54. The molecule has 3 aromatic heterocycles. The fourth-order valence-electron chi connectivity index (χ4n) is 1.61. The van der Waals surface area contributed by atoms with Crippen molar-refractivity contribution in [2.75, 3.05) is 0 Å². The molecule has 0 fully saturated rings. The lowest BCUT2D eigenvalue weighted by Crippen LogP contribution is -1.95. The van der Waals surface area contributed by atoms with E-state index in [1.165, 1.54) is 0 Å². The van der Waals surface area contributed by atoms with Crippen molar-refractivity contribution in [3.8, 4) is 0 Å². The van der Waals surface area contributed by atoms with E-state index in [1.54, 1.807) is 29.3 Å². The molecule has 0 unspecified atom stereocenters. The first-order valence-corrected chi connectivity index (χ1v) is 4.29. The molecule has 0 aliphatic heterocycles. The number of rotatable bonds is 1. The number of nitrogens with zero attached hydrogens (tertiary/aromatic N) is 3. The fraction of sp³-hybridized carbons (Fsp3) is 0. The van der Waals surface area contributed by atoms with Crippen LogP contribution in [-0.4, -0.2) is 30.7 Å². The molecular formula is C9H6N4O2. The number of nitrogens with one attached hydrogen (secondary N) is 1. The first kappa shape index (κ1) is 7.98. The summed E-state index contributed by atoms with van der Waals surface area (Å²) in [6.07, 6.45) is 4.94. The van der Waals surface area contributed by atoms with Crippen LogP contribution in [0.2, 0.25) is 0 Å². The molecule has 6 nitrogen and oxygen atoms in total. The predicted molar refractivity (Wildman–Crippen MR) is 51.8 cm³/mol. The second-order valence-corrected chi connectivity index (χ2v) is 3.17. The highest BCUT2D eigenvalue weighted by atomic mass is 16.4. The lowest BCUT2D eigenvalue weighted by Gasteiger charge is -1.91. The average Bonchev–Trinajstić information content (AvgIpc) is 2.73. The Morgan fingerprint density at radius 3 is 3.20 bits per heavy atom. The number of aromatic amines is 1.